The zero-order valence-electron chi connectivity index (χ0n) is 40.7. The van der Waals surface area contributed by atoms with Gasteiger partial charge in [0.25, 0.3) is 0 Å². The minimum Gasteiger partial charge on any atom is -0.310 e. The zero-order chi connectivity index (χ0) is 49.9. The summed E-state index contributed by atoms with van der Waals surface area (Å²) in [7, 11) is 0. The minimum atomic E-state index is 0.542. The molecule has 0 saturated carbocycles. The van der Waals surface area contributed by atoms with E-state index in [0.29, 0.717) is 11.3 Å². The Morgan fingerprint density at radius 1 is 0.387 bits per heavy atom. The van der Waals surface area contributed by atoms with Gasteiger partial charge >= 0.3 is 0 Å². The second-order valence-corrected chi connectivity index (χ2v) is 19.4. The Labute approximate surface area is 431 Å². The number of aryl methyl sites for hydroxylation is 1. The molecule has 4 aromatic heterocycles. The molecule has 0 aliphatic heterocycles. The maximum Gasteiger partial charge on any atom is 0.197 e. The quantitative estimate of drug-likeness (QED) is 0.153. The second-order valence-electron chi connectivity index (χ2n) is 19.4. The topological polar surface area (TPSA) is 47.9 Å². The lowest BCUT2D eigenvalue weighted by atomic mass is 9.92. The van der Waals surface area contributed by atoms with Crippen molar-refractivity contribution in [1.29, 1.82) is 5.26 Å². The van der Waals surface area contributed by atoms with Crippen LogP contribution in [0.15, 0.2) is 237 Å². The van der Waals surface area contributed by atoms with E-state index in [1.165, 1.54) is 21.5 Å². The van der Waals surface area contributed by atoms with Crippen molar-refractivity contribution in [3.8, 4) is 51.1 Å². The summed E-state index contributed by atoms with van der Waals surface area (Å²) in [5, 5.41) is 19.2. The minimum absolute atomic E-state index is 0.542. The van der Waals surface area contributed by atoms with Gasteiger partial charge < -0.3 is 18.3 Å². The average Bonchev–Trinajstić information content (AvgIpc) is 4.25. The van der Waals surface area contributed by atoms with E-state index >= 15 is 0 Å². The van der Waals surface area contributed by atoms with Gasteiger partial charge in [-0.25, -0.2) is 4.85 Å². The molecule has 0 bridgehead atoms. The van der Waals surface area contributed by atoms with Crippen LogP contribution in [0.3, 0.4) is 0 Å². The highest BCUT2D eigenvalue weighted by Gasteiger charge is 2.27. The highest BCUT2D eigenvalue weighted by molar-refractivity contribution is 6.28. The SMILES string of the molecule is [C-]#[N+]c1cccc(-n2c3ccccc3c3c2ccc2c4ccccc4n(-c4ccccc4)c23)c1-c1cc(-c2ccc(C#N)cc2C)ccc1-n1c2ccccc2c2c1ccc1c3ccccc3n(-c3ccccc3)c12. The molecule has 4 heterocycles. The van der Waals surface area contributed by atoms with Crippen molar-refractivity contribution < 1.29 is 0 Å². The molecular formula is C69H42N6. The van der Waals surface area contributed by atoms with E-state index in [0.717, 1.165) is 116 Å². The van der Waals surface area contributed by atoms with Gasteiger partial charge in [-0.1, -0.05) is 146 Å². The molecule has 0 spiro atoms. The van der Waals surface area contributed by atoms with Crippen molar-refractivity contribution in [2.75, 3.05) is 0 Å². The van der Waals surface area contributed by atoms with Gasteiger partial charge in [-0.3, -0.25) is 0 Å². The van der Waals surface area contributed by atoms with Gasteiger partial charge in [0, 0.05) is 65.7 Å². The van der Waals surface area contributed by atoms with Gasteiger partial charge in [0.05, 0.1) is 68.0 Å². The fourth-order valence-corrected chi connectivity index (χ4v) is 12.5. The van der Waals surface area contributed by atoms with E-state index in [9.17, 15) is 5.26 Å². The van der Waals surface area contributed by atoms with Crippen LogP contribution >= 0.6 is 0 Å². The van der Waals surface area contributed by atoms with Crippen LogP contribution in [0, 0.1) is 24.8 Å². The monoisotopic (exact) mass is 954 g/mol. The molecule has 0 fully saturated rings. The van der Waals surface area contributed by atoms with E-state index in [1.54, 1.807) is 0 Å². The van der Waals surface area contributed by atoms with Crippen LogP contribution in [-0.4, -0.2) is 18.3 Å². The lowest BCUT2D eigenvalue weighted by Gasteiger charge is -2.21. The fourth-order valence-electron chi connectivity index (χ4n) is 12.5. The Kier molecular flexibility index (Phi) is 9.20. The molecule has 6 nitrogen and oxygen atoms in total. The predicted molar refractivity (Wildman–Crippen MR) is 310 cm³/mol. The third-order valence-electron chi connectivity index (χ3n) is 15.5. The lowest BCUT2D eigenvalue weighted by Crippen LogP contribution is -2.02. The van der Waals surface area contributed by atoms with Crippen LogP contribution in [-0.2, 0) is 0 Å². The van der Waals surface area contributed by atoms with Gasteiger partial charge in [0.2, 0.25) is 0 Å². The van der Waals surface area contributed by atoms with E-state index in [-0.39, 0.29) is 0 Å². The zero-order valence-corrected chi connectivity index (χ0v) is 40.7. The molecule has 11 aromatic carbocycles. The first-order valence-electron chi connectivity index (χ1n) is 25.3. The molecule has 0 aliphatic carbocycles. The van der Waals surface area contributed by atoms with E-state index in [2.05, 4.69) is 248 Å². The second kappa shape index (κ2) is 16.3. The van der Waals surface area contributed by atoms with Crippen molar-refractivity contribution in [3.05, 3.63) is 259 Å². The Morgan fingerprint density at radius 3 is 1.40 bits per heavy atom. The lowest BCUT2D eigenvalue weighted by molar-refractivity contribution is 1.16. The maximum atomic E-state index is 9.93. The maximum absolute atomic E-state index is 9.93. The van der Waals surface area contributed by atoms with Gasteiger partial charge in [-0.2, -0.15) is 5.26 Å². The molecule has 0 aliphatic rings. The van der Waals surface area contributed by atoms with Crippen LogP contribution in [0.4, 0.5) is 5.69 Å². The summed E-state index contributed by atoms with van der Waals surface area (Å²) in [6, 6.07) is 86.4. The standard InChI is InChI=1S/C69H42N6/c1-43-40-44(42-70)32-34-48(43)45-33-37-61(74-59-29-15-11-24-53(59)66-63(74)38-35-51-49-22-9-13-27-57(49)72(68(51)66)46-18-5-3-6-19-46)55(41-45)65-56(71-2)26-17-31-62(65)75-60-30-16-12-25-54(60)67-64(75)39-36-52-50-23-10-14-28-58(50)73(69(52)67)47-20-7-4-8-21-47/h3-41H,1H3. The highest BCUT2D eigenvalue weighted by atomic mass is 15.0. The number of hydrogen-bond donors (Lipinski definition) is 0. The smallest absolute Gasteiger partial charge is 0.197 e. The summed E-state index contributed by atoms with van der Waals surface area (Å²) in [6.07, 6.45) is 0. The molecule has 0 amide bonds. The summed E-state index contributed by atoms with van der Waals surface area (Å²) in [5.41, 5.74) is 18.7. The van der Waals surface area contributed by atoms with Crippen LogP contribution in [0.25, 0.3) is 137 Å². The van der Waals surface area contributed by atoms with Crippen molar-refractivity contribution in [2.24, 2.45) is 0 Å². The van der Waals surface area contributed by atoms with Crippen LogP contribution < -0.4 is 0 Å². The van der Waals surface area contributed by atoms with E-state index < -0.39 is 0 Å². The Hall–Kier alpha value is -10.4. The number of hydrogen-bond acceptors (Lipinski definition) is 1. The van der Waals surface area contributed by atoms with Crippen molar-refractivity contribution in [2.45, 2.75) is 6.92 Å². The molecule has 0 atom stereocenters. The molecule has 0 saturated heterocycles. The van der Waals surface area contributed by atoms with Crippen LogP contribution in [0.5, 0.6) is 0 Å². The predicted octanol–water partition coefficient (Wildman–Crippen LogP) is 18.1. The molecule has 0 unspecified atom stereocenters. The highest BCUT2D eigenvalue weighted by Crippen LogP contribution is 2.49. The summed E-state index contributed by atoms with van der Waals surface area (Å²) in [4.78, 5) is 4.39. The number of rotatable bonds is 6. The number of aromatic nitrogens is 4. The average molecular weight is 955 g/mol. The first-order valence-corrected chi connectivity index (χ1v) is 25.3. The number of nitrogens with zero attached hydrogens (tertiary/aromatic N) is 6. The number of benzene rings is 11. The number of nitriles is 1. The van der Waals surface area contributed by atoms with Gasteiger partial charge in [-0.05, 0) is 120 Å². The van der Waals surface area contributed by atoms with Gasteiger partial charge in [0.15, 0.2) is 5.69 Å². The largest absolute Gasteiger partial charge is 0.310 e. The molecule has 75 heavy (non-hydrogen) atoms. The molecule has 6 heteroatoms. The third kappa shape index (κ3) is 6.06. The number of fused-ring (bicyclic) bond motifs is 14. The Balaban J connectivity index is 1.08. The Bertz CT molecular complexity index is 4970. The Morgan fingerprint density at radius 2 is 0.880 bits per heavy atom. The van der Waals surface area contributed by atoms with Crippen molar-refractivity contribution in [3.63, 3.8) is 0 Å². The summed E-state index contributed by atoms with van der Waals surface area (Å²) < 4.78 is 9.64. The summed E-state index contributed by atoms with van der Waals surface area (Å²) >= 11 is 0. The first kappa shape index (κ1) is 42.3. The molecule has 15 rings (SSSR count). The molecule has 348 valence electrons. The third-order valence-corrected chi connectivity index (χ3v) is 15.5. The molecule has 0 radical (unpaired) electrons. The van der Waals surface area contributed by atoms with Gasteiger partial charge in [0.1, 0.15) is 0 Å². The van der Waals surface area contributed by atoms with Crippen LogP contribution in [0.2, 0.25) is 0 Å². The van der Waals surface area contributed by atoms with Gasteiger partial charge in [-0.15, -0.1) is 0 Å². The first-order chi connectivity index (χ1) is 37.1. The van der Waals surface area contributed by atoms with Crippen LogP contribution in [0.1, 0.15) is 11.1 Å². The van der Waals surface area contributed by atoms with E-state index in [4.69, 9.17) is 6.57 Å². The number of para-hydroxylation sites is 6. The molecule has 15 aromatic rings. The summed E-state index contributed by atoms with van der Waals surface area (Å²) in [5.74, 6) is 0. The fraction of sp³-hybridized carbons (Fsp3) is 0.0145. The van der Waals surface area contributed by atoms with Crippen molar-refractivity contribution >= 4 is 92.9 Å². The van der Waals surface area contributed by atoms with E-state index in [1.807, 2.05) is 24.3 Å². The molecular weight excluding hydrogens is 913 g/mol. The summed E-state index contributed by atoms with van der Waals surface area (Å²) in [6.45, 7) is 11.1. The van der Waals surface area contributed by atoms with Crippen molar-refractivity contribution in [1.82, 2.24) is 18.3 Å². The molecule has 0 N–H and O–H groups in total. The normalized spacial score (nSPS) is 11.8.